The fourth-order valence-electron chi connectivity index (χ4n) is 6.18. The molecule has 5 rings (SSSR count). The van der Waals surface area contributed by atoms with Crippen LogP contribution in [-0.4, -0.2) is 156 Å². The molecule has 2 aromatic rings. The molecule has 3 saturated heterocycles. The third-order valence-electron chi connectivity index (χ3n) is 8.93. The lowest BCUT2D eigenvalue weighted by Crippen LogP contribution is -2.64. The van der Waals surface area contributed by atoms with Crippen molar-refractivity contribution in [1.82, 2.24) is 14.5 Å². The molecule has 0 bridgehead atoms. The summed E-state index contributed by atoms with van der Waals surface area (Å²) in [6.07, 6.45) is -12.2. The zero-order valence-corrected chi connectivity index (χ0v) is 27.5. The van der Waals surface area contributed by atoms with Crippen LogP contribution in [-0.2, 0) is 28.5 Å². The SMILES string of the molecule is O=C(Nc1snnc1-c1ccccc1)[C@@H]1CCCN1C(=O)CCCCCO[C@@H]1OC(CO)[C@@H](O[C@@H]2OC(CO)[C@H](O)C(O)[C@@H]2O)C(O)[C@@H]1O. The summed E-state index contributed by atoms with van der Waals surface area (Å²) < 4.78 is 26.1. The second kappa shape index (κ2) is 17.5. The van der Waals surface area contributed by atoms with Crippen molar-refractivity contribution < 1.29 is 64.3 Å². The van der Waals surface area contributed by atoms with Gasteiger partial charge in [0.2, 0.25) is 11.8 Å². The molecule has 0 radical (unpaired) electrons. The monoisotopic (exact) mass is 712 g/mol. The second-order valence-corrected chi connectivity index (χ2v) is 13.0. The number of anilines is 1. The number of amides is 2. The van der Waals surface area contributed by atoms with Gasteiger partial charge < -0.3 is 64.9 Å². The molecular formula is C31H44N4O13S. The number of aliphatic hydroxyl groups excluding tert-OH is 7. The van der Waals surface area contributed by atoms with Gasteiger partial charge in [-0.25, -0.2) is 0 Å². The first-order valence-electron chi connectivity index (χ1n) is 16.3. The van der Waals surface area contributed by atoms with Crippen LogP contribution in [0, 0.1) is 0 Å². The minimum atomic E-state index is -1.76. The van der Waals surface area contributed by atoms with Crippen LogP contribution in [0.2, 0.25) is 0 Å². The van der Waals surface area contributed by atoms with Crippen molar-refractivity contribution in [3.63, 3.8) is 0 Å². The van der Waals surface area contributed by atoms with Gasteiger partial charge in [0, 0.05) is 36.7 Å². The fourth-order valence-corrected chi connectivity index (χ4v) is 6.78. The Labute approximate surface area is 286 Å². The van der Waals surface area contributed by atoms with Crippen LogP contribution in [0.5, 0.6) is 0 Å². The zero-order valence-electron chi connectivity index (χ0n) is 26.6. The maximum absolute atomic E-state index is 13.2. The van der Waals surface area contributed by atoms with Crippen molar-refractivity contribution >= 4 is 28.3 Å². The lowest BCUT2D eigenvalue weighted by molar-refractivity contribution is -0.359. The van der Waals surface area contributed by atoms with Crippen LogP contribution < -0.4 is 5.32 Å². The van der Waals surface area contributed by atoms with Gasteiger partial charge >= 0.3 is 0 Å². The number of carbonyl (C=O) groups is 2. The van der Waals surface area contributed by atoms with Crippen molar-refractivity contribution in [3.8, 4) is 11.3 Å². The van der Waals surface area contributed by atoms with E-state index in [2.05, 4.69) is 14.9 Å². The number of benzene rings is 1. The average Bonchev–Trinajstić information content (AvgIpc) is 3.80. The Hall–Kier alpha value is -2.72. The molecule has 18 heteroatoms. The number of nitrogens with one attached hydrogen (secondary N) is 1. The standard InChI is InChI=1S/C31H44N4O13S/c36-14-18-22(39)23(40)25(42)31(46-18)48-27-19(15-37)47-30(26(43)24(27)41)45-13-6-2-5-11-20(38)35-12-7-10-17(35)28(44)32-29-21(33-34-49-29)16-8-3-1-4-9-16/h1,3-4,8-9,17-19,22-27,30-31,36-37,39-43H,2,5-7,10-15H2,(H,32,44)/t17-,18?,19?,22-,23?,24?,25-,26-,27+,30+,31-/m0/s1. The van der Waals surface area contributed by atoms with Crippen molar-refractivity contribution in [2.75, 3.05) is 31.7 Å². The van der Waals surface area contributed by atoms with Crippen molar-refractivity contribution in [1.29, 1.82) is 0 Å². The van der Waals surface area contributed by atoms with E-state index in [0.717, 1.165) is 17.1 Å². The Balaban J connectivity index is 1.03. The number of rotatable bonds is 14. The van der Waals surface area contributed by atoms with Crippen molar-refractivity contribution in [3.05, 3.63) is 30.3 Å². The number of ether oxygens (including phenoxy) is 4. The van der Waals surface area contributed by atoms with E-state index in [-0.39, 0.29) is 24.8 Å². The van der Waals surface area contributed by atoms with Crippen LogP contribution in [0.25, 0.3) is 11.3 Å². The lowest BCUT2D eigenvalue weighted by Gasteiger charge is -2.45. The molecule has 49 heavy (non-hydrogen) atoms. The minimum Gasteiger partial charge on any atom is -0.394 e. The summed E-state index contributed by atoms with van der Waals surface area (Å²) in [7, 11) is 0. The predicted molar refractivity (Wildman–Crippen MR) is 170 cm³/mol. The summed E-state index contributed by atoms with van der Waals surface area (Å²) in [6.45, 7) is -0.777. The summed E-state index contributed by atoms with van der Waals surface area (Å²) in [5.74, 6) is -0.410. The molecule has 272 valence electrons. The Kier molecular flexibility index (Phi) is 13.4. The van der Waals surface area contributed by atoms with E-state index in [4.69, 9.17) is 18.9 Å². The van der Waals surface area contributed by atoms with Gasteiger partial charge in [0.05, 0.1) is 13.2 Å². The van der Waals surface area contributed by atoms with Crippen LogP contribution in [0.15, 0.2) is 30.3 Å². The first kappa shape index (κ1) is 37.5. The van der Waals surface area contributed by atoms with Crippen LogP contribution in [0.4, 0.5) is 5.00 Å². The predicted octanol–water partition coefficient (Wildman–Crippen LogP) is -1.66. The van der Waals surface area contributed by atoms with Gasteiger partial charge in [0.15, 0.2) is 12.6 Å². The molecule has 1 aromatic carbocycles. The molecule has 1 aromatic heterocycles. The molecule has 0 spiro atoms. The summed E-state index contributed by atoms with van der Waals surface area (Å²) >= 11 is 1.08. The summed E-state index contributed by atoms with van der Waals surface area (Å²) in [4.78, 5) is 27.8. The second-order valence-electron chi connectivity index (χ2n) is 12.2. The highest BCUT2D eigenvalue weighted by atomic mass is 32.1. The molecule has 0 saturated carbocycles. The summed E-state index contributed by atoms with van der Waals surface area (Å²) in [6, 6.07) is 8.80. The molecule has 3 aliphatic heterocycles. The normalized spacial score (nSPS) is 33.4. The van der Waals surface area contributed by atoms with Gasteiger partial charge in [0.1, 0.15) is 65.6 Å². The number of hydrogen-bond donors (Lipinski definition) is 8. The van der Waals surface area contributed by atoms with E-state index in [1.807, 2.05) is 30.3 Å². The molecule has 17 nitrogen and oxygen atoms in total. The number of aromatic nitrogens is 2. The first-order valence-corrected chi connectivity index (χ1v) is 17.1. The largest absolute Gasteiger partial charge is 0.394 e. The molecule has 8 N–H and O–H groups in total. The first-order chi connectivity index (χ1) is 23.6. The highest BCUT2D eigenvalue weighted by Crippen LogP contribution is 2.31. The van der Waals surface area contributed by atoms with E-state index in [9.17, 15) is 45.3 Å². The minimum absolute atomic E-state index is 0.0976. The number of likely N-dealkylation sites (tertiary alicyclic amines) is 1. The zero-order chi connectivity index (χ0) is 35.1. The highest BCUT2D eigenvalue weighted by Gasteiger charge is 2.50. The third kappa shape index (κ3) is 8.78. The van der Waals surface area contributed by atoms with E-state index >= 15 is 0 Å². The maximum Gasteiger partial charge on any atom is 0.247 e. The Morgan fingerprint density at radius 3 is 2.35 bits per heavy atom. The molecule has 4 heterocycles. The summed E-state index contributed by atoms with van der Waals surface area (Å²) in [5, 5.41) is 78.5. The van der Waals surface area contributed by atoms with Crippen molar-refractivity contribution in [2.24, 2.45) is 0 Å². The number of aliphatic hydroxyl groups is 7. The van der Waals surface area contributed by atoms with E-state index < -0.39 is 80.7 Å². The molecule has 11 atom stereocenters. The highest BCUT2D eigenvalue weighted by molar-refractivity contribution is 7.10. The maximum atomic E-state index is 13.2. The fraction of sp³-hybridized carbons (Fsp3) is 0.677. The summed E-state index contributed by atoms with van der Waals surface area (Å²) in [5.41, 5.74) is 1.40. The van der Waals surface area contributed by atoms with E-state index in [0.29, 0.717) is 49.3 Å². The van der Waals surface area contributed by atoms with Gasteiger partial charge in [-0.3, -0.25) is 9.59 Å². The Morgan fingerprint density at radius 1 is 0.898 bits per heavy atom. The van der Waals surface area contributed by atoms with Crippen LogP contribution >= 0.6 is 11.5 Å². The third-order valence-corrected chi connectivity index (χ3v) is 9.57. The van der Waals surface area contributed by atoms with Gasteiger partial charge in [-0.1, -0.05) is 41.2 Å². The van der Waals surface area contributed by atoms with E-state index in [1.165, 1.54) is 0 Å². The average molecular weight is 713 g/mol. The number of unbranched alkanes of at least 4 members (excludes halogenated alkanes) is 2. The lowest BCUT2D eigenvalue weighted by atomic mass is 9.97. The molecule has 4 unspecified atom stereocenters. The number of carbonyl (C=O) groups excluding carboxylic acids is 2. The topological polar surface area (TPSA) is 254 Å². The van der Waals surface area contributed by atoms with Crippen LogP contribution in [0.1, 0.15) is 38.5 Å². The number of hydrogen-bond acceptors (Lipinski definition) is 16. The van der Waals surface area contributed by atoms with Gasteiger partial charge in [-0.15, -0.1) is 5.10 Å². The van der Waals surface area contributed by atoms with Crippen LogP contribution in [0.3, 0.4) is 0 Å². The molecule has 3 fully saturated rings. The molecule has 0 aliphatic carbocycles. The quantitative estimate of drug-likeness (QED) is 0.102. The molecular weight excluding hydrogens is 668 g/mol. The Bertz CT molecular complexity index is 1350. The van der Waals surface area contributed by atoms with Gasteiger partial charge in [0.25, 0.3) is 0 Å². The van der Waals surface area contributed by atoms with Gasteiger partial charge in [-0.2, -0.15) is 0 Å². The Morgan fingerprint density at radius 2 is 1.61 bits per heavy atom. The van der Waals surface area contributed by atoms with E-state index in [1.54, 1.807) is 4.90 Å². The smallest absolute Gasteiger partial charge is 0.247 e. The number of nitrogens with zero attached hydrogens (tertiary/aromatic N) is 3. The molecule has 3 aliphatic rings. The van der Waals surface area contributed by atoms with Crippen molar-refractivity contribution in [2.45, 2.75) is 106 Å². The molecule has 2 amide bonds. The van der Waals surface area contributed by atoms with Gasteiger partial charge in [-0.05, 0) is 25.7 Å².